The van der Waals surface area contributed by atoms with Crippen LogP contribution in [0.5, 0.6) is 0 Å². The number of nitrogens with one attached hydrogen (secondary N) is 2. The van der Waals surface area contributed by atoms with E-state index in [2.05, 4.69) is 10.6 Å². The first-order chi connectivity index (χ1) is 9.42. The second-order valence-corrected chi connectivity index (χ2v) is 4.71. The van der Waals surface area contributed by atoms with E-state index in [9.17, 15) is 14.0 Å². The molecule has 3 N–H and O–H groups in total. The van der Waals surface area contributed by atoms with Gasteiger partial charge >= 0.3 is 12.0 Å². The molecule has 0 aliphatic heterocycles. The van der Waals surface area contributed by atoms with Crippen LogP contribution in [0.4, 0.5) is 14.9 Å². The molecule has 7 heteroatoms. The van der Waals surface area contributed by atoms with Crippen molar-refractivity contribution in [2.75, 3.05) is 5.32 Å². The predicted molar refractivity (Wildman–Crippen MR) is 74.5 cm³/mol. The van der Waals surface area contributed by atoms with Gasteiger partial charge in [0.15, 0.2) is 0 Å². The highest BCUT2D eigenvalue weighted by Crippen LogP contribution is 2.22. The normalized spacial score (nSPS) is 11.8. The molecular formula is C13H16ClFN2O3. The molecule has 1 aromatic carbocycles. The van der Waals surface area contributed by atoms with Gasteiger partial charge in [-0.15, -0.1) is 0 Å². The van der Waals surface area contributed by atoms with E-state index >= 15 is 0 Å². The molecule has 0 radical (unpaired) electrons. The summed E-state index contributed by atoms with van der Waals surface area (Å²) in [4.78, 5) is 22.4. The Morgan fingerprint density at radius 1 is 1.45 bits per heavy atom. The number of aliphatic carboxylic acids is 1. The Kier molecular flexibility index (Phi) is 6.24. The standard InChI is InChI=1S/C13H16ClFN2O3/c1-2-3-9(7-12(18)19)16-13(20)17-11-5-4-8(15)6-10(11)14/h4-6,9H,2-3,7H2,1H3,(H,18,19)(H2,16,17,20). The van der Waals surface area contributed by atoms with Crippen molar-refractivity contribution in [1.82, 2.24) is 5.32 Å². The summed E-state index contributed by atoms with van der Waals surface area (Å²) in [6.45, 7) is 1.89. The van der Waals surface area contributed by atoms with Crippen LogP contribution in [0.2, 0.25) is 5.02 Å². The maximum Gasteiger partial charge on any atom is 0.319 e. The van der Waals surface area contributed by atoms with Gasteiger partial charge in [-0.25, -0.2) is 9.18 Å². The van der Waals surface area contributed by atoms with E-state index in [1.807, 2.05) is 6.92 Å². The minimum Gasteiger partial charge on any atom is -0.481 e. The zero-order chi connectivity index (χ0) is 15.1. The number of anilines is 1. The summed E-state index contributed by atoms with van der Waals surface area (Å²) in [5.41, 5.74) is 0.260. The zero-order valence-electron chi connectivity index (χ0n) is 11.0. The van der Waals surface area contributed by atoms with Crippen molar-refractivity contribution in [3.63, 3.8) is 0 Å². The van der Waals surface area contributed by atoms with E-state index < -0.39 is 23.9 Å². The number of carbonyl (C=O) groups is 2. The smallest absolute Gasteiger partial charge is 0.319 e. The number of rotatable bonds is 6. The van der Waals surface area contributed by atoms with Crippen LogP contribution in [0.3, 0.4) is 0 Å². The Morgan fingerprint density at radius 3 is 2.70 bits per heavy atom. The predicted octanol–water partition coefficient (Wildman–Crippen LogP) is 3.24. The van der Waals surface area contributed by atoms with Crippen LogP contribution in [-0.2, 0) is 4.79 Å². The van der Waals surface area contributed by atoms with Gasteiger partial charge in [0.05, 0.1) is 17.1 Å². The number of carbonyl (C=O) groups excluding carboxylic acids is 1. The minimum absolute atomic E-state index is 0.0745. The summed E-state index contributed by atoms with van der Waals surface area (Å²) in [5, 5.41) is 13.8. The fourth-order valence-corrected chi connectivity index (χ4v) is 1.93. The SMILES string of the molecule is CCCC(CC(=O)O)NC(=O)Nc1ccc(F)cc1Cl. The lowest BCUT2D eigenvalue weighted by Gasteiger charge is -2.17. The Labute approximate surface area is 121 Å². The monoisotopic (exact) mass is 302 g/mol. The third-order valence-corrected chi connectivity index (χ3v) is 2.89. The minimum atomic E-state index is -0.983. The molecule has 1 atom stereocenters. The van der Waals surface area contributed by atoms with Crippen LogP contribution in [0.15, 0.2) is 18.2 Å². The summed E-state index contributed by atoms with van der Waals surface area (Å²) >= 11 is 5.78. The fraction of sp³-hybridized carbons (Fsp3) is 0.385. The molecule has 0 aliphatic rings. The van der Waals surface area contributed by atoms with Crippen molar-refractivity contribution in [3.8, 4) is 0 Å². The van der Waals surface area contributed by atoms with Gasteiger partial charge in [0.25, 0.3) is 0 Å². The summed E-state index contributed by atoms with van der Waals surface area (Å²) in [6.07, 6.45) is 1.14. The molecule has 5 nitrogen and oxygen atoms in total. The molecule has 110 valence electrons. The largest absolute Gasteiger partial charge is 0.481 e. The van der Waals surface area contributed by atoms with Gasteiger partial charge in [-0.2, -0.15) is 0 Å². The van der Waals surface area contributed by atoms with Gasteiger partial charge in [0, 0.05) is 6.04 Å². The van der Waals surface area contributed by atoms with E-state index in [4.69, 9.17) is 16.7 Å². The van der Waals surface area contributed by atoms with Crippen molar-refractivity contribution >= 4 is 29.3 Å². The van der Waals surface area contributed by atoms with E-state index in [0.29, 0.717) is 6.42 Å². The zero-order valence-corrected chi connectivity index (χ0v) is 11.7. The highest BCUT2D eigenvalue weighted by molar-refractivity contribution is 6.33. The third kappa shape index (κ3) is 5.44. The maximum absolute atomic E-state index is 12.9. The number of amides is 2. The van der Waals surface area contributed by atoms with Crippen LogP contribution in [0.1, 0.15) is 26.2 Å². The molecule has 0 aromatic heterocycles. The van der Waals surface area contributed by atoms with Crippen LogP contribution in [0, 0.1) is 5.82 Å². The molecule has 0 saturated heterocycles. The van der Waals surface area contributed by atoms with Crippen molar-refractivity contribution in [2.24, 2.45) is 0 Å². The van der Waals surface area contributed by atoms with E-state index in [-0.39, 0.29) is 17.1 Å². The second kappa shape index (κ2) is 7.69. The quantitative estimate of drug-likeness (QED) is 0.755. The first-order valence-electron chi connectivity index (χ1n) is 6.16. The molecule has 0 aliphatic carbocycles. The highest BCUT2D eigenvalue weighted by Gasteiger charge is 2.15. The van der Waals surface area contributed by atoms with E-state index in [1.165, 1.54) is 12.1 Å². The Hall–Kier alpha value is -1.82. The number of hydrogen-bond donors (Lipinski definition) is 3. The first kappa shape index (κ1) is 16.2. The van der Waals surface area contributed by atoms with Gasteiger partial charge in [0.1, 0.15) is 5.82 Å². The van der Waals surface area contributed by atoms with Gasteiger partial charge < -0.3 is 15.7 Å². The molecule has 1 aromatic rings. The topological polar surface area (TPSA) is 78.4 Å². The summed E-state index contributed by atoms with van der Waals surface area (Å²) in [6, 6.07) is 2.55. The van der Waals surface area contributed by atoms with Gasteiger partial charge in [-0.1, -0.05) is 24.9 Å². The Balaban J connectivity index is 2.62. The van der Waals surface area contributed by atoms with Gasteiger partial charge in [-0.3, -0.25) is 4.79 Å². The van der Waals surface area contributed by atoms with Crippen molar-refractivity contribution in [1.29, 1.82) is 0 Å². The Morgan fingerprint density at radius 2 is 2.15 bits per heavy atom. The van der Waals surface area contributed by atoms with E-state index in [1.54, 1.807) is 0 Å². The van der Waals surface area contributed by atoms with Crippen molar-refractivity contribution in [2.45, 2.75) is 32.2 Å². The van der Waals surface area contributed by atoms with Gasteiger partial charge in [0.2, 0.25) is 0 Å². The van der Waals surface area contributed by atoms with Crippen molar-refractivity contribution < 1.29 is 19.1 Å². The fourth-order valence-electron chi connectivity index (χ4n) is 1.72. The number of carboxylic acids is 1. The van der Waals surface area contributed by atoms with Crippen LogP contribution in [0.25, 0.3) is 0 Å². The molecule has 2 amide bonds. The lowest BCUT2D eigenvalue weighted by atomic mass is 10.1. The maximum atomic E-state index is 12.9. The molecule has 1 unspecified atom stereocenters. The summed E-state index contributed by atoms with van der Waals surface area (Å²) < 4.78 is 12.9. The molecule has 0 saturated carbocycles. The van der Waals surface area contributed by atoms with Gasteiger partial charge in [-0.05, 0) is 24.6 Å². The van der Waals surface area contributed by atoms with Crippen LogP contribution >= 0.6 is 11.6 Å². The molecule has 20 heavy (non-hydrogen) atoms. The molecule has 0 fully saturated rings. The summed E-state index contributed by atoms with van der Waals surface area (Å²) in [5.74, 6) is -1.49. The number of urea groups is 1. The number of halogens is 2. The number of benzene rings is 1. The molecule has 0 heterocycles. The lowest BCUT2D eigenvalue weighted by Crippen LogP contribution is -2.39. The number of hydrogen-bond acceptors (Lipinski definition) is 2. The van der Waals surface area contributed by atoms with Crippen LogP contribution in [-0.4, -0.2) is 23.1 Å². The first-order valence-corrected chi connectivity index (χ1v) is 6.54. The lowest BCUT2D eigenvalue weighted by molar-refractivity contribution is -0.137. The molecule has 0 bridgehead atoms. The third-order valence-electron chi connectivity index (χ3n) is 2.57. The van der Waals surface area contributed by atoms with Crippen molar-refractivity contribution in [3.05, 3.63) is 29.0 Å². The average Bonchev–Trinajstić information content (AvgIpc) is 2.32. The average molecular weight is 303 g/mol. The molecule has 0 spiro atoms. The van der Waals surface area contributed by atoms with Crippen LogP contribution < -0.4 is 10.6 Å². The second-order valence-electron chi connectivity index (χ2n) is 4.31. The highest BCUT2D eigenvalue weighted by atomic mass is 35.5. The molecule has 1 rings (SSSR count). The van der Waals surface area contributed by atoms with E-state index in [0.717, 1.165) is 12.5 Å². The summed E-state index contributed by atoms with van der Waals surface area (Å²) in [7, 11) is 0. The molecular weight excluding hydrogens is 287 g/mol. The number of carboxylic acid groups (broad SMARTS) is 1. The Bertz CT molecular complexity index is 497.